The van der Waals surface area contributed by atoms with Crippen molar-refractivity contribution >= 4 is 11.8 Å². The number of benzene rings is 2. The molecule has 0 bridgehead atoms. The third kappa shape index (κ3) is 3.56. The molecule has 1 aliphatic heterocycles. The molecule has 0 amide bonds. The van der Waals surface area contributed by atoms with E-state index in [2.05, 4.69) is 15.2 Å². The summed E-state index contributed by atoms with van der Waals surface area (Å²) in [6.45, 7) is 2.79. The predicted octanol–water partition coefficient (Wildman–Crippen LogP) is 4.92. The lowest BCUT2D eigenvalue weighted by atomic mass is 9.99. The fourth-order valence-electron chi connectivity index (χ4n) is 3.89. The van der Waals surface area contributed by atoms with Crippen molar-refractivity contribution in [1.29, 1.82) is 0 Å². The average Bonchev–Trinajstić information content (AvgIpc) is 3.10. The molecule has 0 atom stereocenters. The van der Waals surface area contributed by atoms with Gasteiger partial charge in [-0.15, -0.1) is 10.2 Å². The minimum Gasteiger partial charge on any atom is -0.481 e. The van der Waals surface area contributed by atoms with E-state index in [-0.39, 0.29) is 5.82 Å². The summed E-state index contributed by atoms with van der Waals surface area (Å²) in [5, 5.41) is 8.81. The summed E-state index contributed by atoms with van der Waals surface area (Å²) in [6.07, 6.45) is 0. The molecule has 6 nitrogen and oxygen atoms in total. The molecular formula is C23H19ClFN5O. The van der Waals surface area contributed by atoms with Crippen molar-refractivity contribution in [3.8, 4) is 34.1 Å². The number of hydrogen-bond donors (Lipinski definition) is 0. The van der Waals surface area contributed by atoms with E-state index in [4.69, 9.17) is 16.5 Å². The van der Waals surface area contributed by atoms with Gasteiger partial charge in [-0.2, -0.15) is 0 Å². The Kier molecular flexibility index (Phi) is 4.92. The third-order valence-corrected chi connectivity index (χ3v) is 5.62. The van der Waals surface area contributed by atoms with E-state index in [1.165, 1.54) is 12.1 Å². The van der Waals surface area contributed by atoms with Crippen LogP contribution in [-0.4, -0.2) is 31.3 Å². The molecule has 0 saturated carbocycles. The number of nitrogens with zero attached hydrogens (tertiary/aromatic N) is 5. The molecule has 0 N–H and O–H groups in total. The lowest BCUT2D eigenvalue weighted by molar-refractivity contribution is 0.389. The molecule has 5 rings (SSSR count). The second-order valence-corrected chi connectivity index (χ2v) is 7.89. The quantitative estimate of drug-likeness (QED) is 0.427. The Morgan fingerprint density at radius 2 is 1.74 bits per heavy atom. The highest BCUT2D eigenvalue weighted by molar-refractivity contribution is 6.13. The number of aryl methyl sites for hydroxylation is 1. The van der Waals surface area contributed by atoms with E-state index >= 15 is 0 Å². The molecule has 0 unspecified atom stereocenters. The van der Waals surface area contributed by atoms with Gasteiger partial charge in [-0.3, -0.25) is 4.57 Å². The molecule has 2 aromatic carbocycles. The second-order valence-electron chi connectivity index (χ2n) is 7.41. The topological polar surface area (TPSA) is 56.1 Å². The number of halogens is 2. The summed E-state index contributed by atoms with van der Waals surface area (Å²) >= 11 is 6.39. The first kappa shape index (κ1) is 19.7. The highest BCUT2D eigenvalue weighted by Crippen LogP contribution is 2.32. The van der Waals surface area contributed by atoms with Gasteiger partial charge in [0, 0.05) is 11.6 Å². The van der Waals surface area contributed by atoms with Crippen molar-refractivity contribution in [2.24, 2.45) is 0 Å². The molecule has 0 fully saturated rings. The van der Waals surface area contributed by atoms with Crippen LogP contribution in [0.2, 0.25) is 0 Å². The van der Waals surface area contributed by atoms with Crippen LogP contribution in [0.25, 0.3) is 28.2 Å². The van der Waals surface area contributed by atoms with Crippen LogP contribution in [0.1, 0.15) is 17.1 Å². The number of pyridine rings is 1. The minimum atomic E-state index is -0.235. The molecule has 3 heterocycles. The first-order valence-electron chi connectivity index (χ1n) is 9.80. The molecule has 0 aliphatic carbocycles. The van der Waals surface area contributed by atoms with E-state index in [0.29, 0.717) is 24.8 Å². The standard InChI is InChI=1S/C23H19ClFN5O/c1-14-11-17(25)7-8-18(14)15-3-5-16(6-4-15)23-28-27-21-13-29(24)12-19-20(30(21)23)9-10-22(26-19)31-2/h3-11H,12-13H2,1-2H3. The maximum Gasteiger partial charge on any atom is 0.213 e. The number of rotatable bonds is 3. The lowest BCUT2D eigenvalue weighted by Gasteiger charge is -2.12. The molecule has 156 valence electrons. The monoisotopic (exact) mass is 435 g/mol. The number of fused-ring (bicyclic) bond motifs is 3. The van der Waals surface area contributed by atoms with E-state index in [1.54, 1.807) is 17.6 Å². The molecule has 0 radical (unpaired) electrons. The van der Waals surface area contributed by atoms with E-state index in [1.807, 2.05) is 47.9 Å². The molecule has 0 spiro atoms. The Labute approximate surface area is 184 Å². The number of methoxy groups -OCH3 is 1. The fourth-order valence-corrected chi connectivity index (χ4v) is 4.11. The average molecular weight is 436 g/mol. The highest BCUT2D eigenvalue weighted by Gasteiger charge is 2.25. The maximum atomic E-state index is 13.5. The van der Waals surface area contributed by atoms with Gasteiger partial charge in [0.05, 0.1) is 31.6 Å². The zero-order valence-corrected chi connectivity index (χ0v) is 17.8. The van der Waals surface area contributed by atoms with Crippen molar-refractivity contribution in [1.82, 2.24) is 24.2 Å². The van der Waals surface area contributed by atoms with Crippen LogP contribution in [0.4, 0.5) is 4.39 Å². The maximum absolute atomic E-state index is 13.5. The summed E-state index contributed by atoms with van der Waals surface area (Å²) in [7, 11) is 1.59. The van der Waals surface area contributed by atoms with Gasteiger partial charge in [0.25, 0.3) is 0 Å². The first-order chi connectivity index (χ1) is 15.0. The van der Waals surface area contributed by atoms with Crippen LogP contribution in [0, 0.1) is 12.7 Å². The smallest absolute Gasteiger partial charge is 0.213 e. The van der Waals surface area contributed by atoms with Crippen LogP contribution in [0.5, 0.6) is 5.88 Å². The summed E-state index contributed by atoms with van der Waals surface area (Å²) in [5.74, 6) is 1.73. The summed E-state index contributed by atoms with van der Waals surface area (Å²) in [6, 6.07) is 16.6. The van der Waals surface area contributed by atoms with Gasteiger partial charge in [-0.1, -0.05) is 30.3 Å². The number of hydrogen-bond acceptors (Lipinski definition) is 5. The van der Waals surface area contributed by atoms with E-state index < -0.39 is 0 Å². The number of aromatic nitrogens is 4. The zero-order chi connectivity index (χ0) is 21.5. The Balaban J connectivity index is 1.59. The zero-order valence-electron chi connectivity index (χ0n) is 17.0. The van der Waals surface area contributed by atoms with Gasteiger partial charge in [-0.05, 0) is 53.6 Å². The minimum absolute atomic E-state index is 0.235. The summed E-state index contributed by atoms with van der Waals surface area (Å²) in [5.41, 5.74) is 5.46. The van der Waals surface area contributed by atoms with Crippen LogP contribution >= 0.6 is 11.8 Å². The van der Waals surface area contributed by atoms with Gasteiger partial charge in [0.2, 0.25) is 5.88 Å². The Hall–Kier alpha value is -3.29. The summed E-state index contributed by atoms with van der Waals surface area (Å²) in [4.78, 5) is 4.57. The number of ether oxygens (including phenoxy) is 1. The van der Waals surface area contributed by atoms with E-state index in [9.17, 15) is 4.39 Å². The van der Waals surface area contributed by atoms with Gasteiger partial charge in [0.1, 0.15) is 5.82 Å². The molecule has 4 aromatic rings. The lowest BCUT2D eigenvalue weighted by Crippen LogP contribution is -2.11. The van der Waals surface area contributed by atoms with Crippen molar-refractivity contribution in [2.75, 3.05) is 7.11 Å². The Morgan fingerprint density at radius 1 is 0.968 bits per heavy atom. The van der Waals surface area contributed by atoms with Crippen LogP contribution in [0.15, 0.2) is 54.6 Å². The Morgan fingerprint density at radius 3 is 2.48 bits per heavy atom. The van der Waals surface area contributed by atoms with E-state index in [0.717, 1.165) is 39.5 Å². The molecule has 2 aromatic heterocycles. The molecule has 31 heavy (non-hydrogen) atoms. The molecule has 0 saturated heterocycles. The van der Waals surface area contributed by atoms with Crippen LogP contribution in [0.3, 0.4) is 0 Å². The van der Waals surface area contributed by atoms with Crippen molar-refractivity contribution in [3.63, 3.8) is 0 Å². The normalized spacial score (nSPS) is 13.4. The van der Waals surface area contributed by atoms with Gasteiger partial charge in [-0.25, -0.2) is 13.8 Å². The van der Waals surface area contributed by atoms with Crippen molar-refractivity contribution < 1.29 is 9.13 Å². The fraction of sp³-hybridized carbons (Fsp3) is 0.174. The first-order valence-corrected chi connectivity index (χ1v) is 10.1. The van der Waals surface area contributed by atoms with Gasteiger partial charge < -0.3 is 4.74 Å². The molecule has 1 aliphatic rings. The van der Waals surface area contributed by atoms with Gasteiger partial charge >= 0.3 is 0 Å². The third-order valence-electron chi connectivity index (χ3n) is 5.38. The second kappa shape index (κ2) is 7.76. The Bertz CT molecular complexity index is 1270. The van der Waals surface area contributed by atoms with Crippen LogP contribution < -0.4 is 4.74 Å². The SMILES string of the molecule is COc1ccc2c(n1)CN(Cl)Cc1nnc(-c3ccc(-c4ccc(F)cc4C)cc3)n1-2. The molecule has 8 heteroatoms. The van der Waals surface area contributed by atoms with Crippen molar-refractivity contribution in [3.05, 3.63) is 77.5 Å². The van der Waals surface area contributed by atoms with Gasteiger partial charge in [0.15, 0.2) is 11.6 Å². The largest absolute Gasteiger partial charge is 0.481 e. The van der Waals surface area contributed by atoms with Crippen molar-refractivity contribution in [2.45, 2.75) is 20.0 Å². The predicted molar refractivity (Wildman–Crippen MR) is 116 cm³/mol. The summed E-state index contributed by atoms with van der Waals surface area (Å²) < 4.78 is 22.4. The van der Waals surface area contributed by atoms with Crippen LogP contribution in [-0.2, 0) is 13.1 Å². The molecular weight excluding hydrogens is 417 g/mol. The highest BCUT2D eigenvalue weighted by atomic mass is 35.5.